The van der Waals surface area contributed by atoms with Crippen LogP contribution in [0.3, 0.4) is 0 Å². The highest BCUT2D eigenvalue weighted by molar-refractivity contribution is 5.68. The largest absolute Gasteiger partial charge is 0.444 e. The number of amides is 1. The Hall–Kier alpha value is -0.990. The summed E-state index contributed by atoms with van der Waals surface area (Å²) in [6.07, 6.45) is 3.19. The molecule has 0 heterocycles. The van der Waals surface area contributed by atoms with Crippen molar-refractivity contribution in [2.24, 2.45) is 5.92 Å². The Labute approximate surface area is 99.3 Å². The Kier molecular flexibility index (Phi) is 6.16. The fraction of sp³-hybridized carbons (Fsp3) is 0.769. The third kappa shape index (κ3) is 8.33. The number of carbonyl (C=O) groups excluding carboxylic acids is 1. The molecule has 1 amide bonds. The summed E-state index contributed by atoms with van der Waals surface area (Å²) in [5.41, 5.74) is -0.444. The van der Waals surface area contributed by atoms with Crippen LogP contribution in [0, 0.1) is 5.92 Å². The van der Waals surface area contributed by atoms with Crippen LogP contribution in [0.15, 0.2) is 12.7 Å². The van der Waals surface area contributed by atoms with Gasteiger partial charge in [0.2, 0.25) is 0 Å². The van der Waals surface area contributed by atoms with Gasteiger partial charge < -0.3 is 10.1 Å². The van der Waals surface area contributed by atoms with Crippen LogP contribution >= 0.6 is 0 Å². The third-order valence-corrected chi connectivity index (χ3v) is 1.93. The molecule has 0 rings (SSSR count). The van der Waals surface area contributed by atoms with Crippen molar-refractivity contribution >= 4 is 6.09 Å². The van der Waals surface area contributed by atoms with E-state index in [1.54, 1.807) is 0 Å². The minimum atomic E-state index is -0.444. The van der Waals surface area contributed by atoms with E-state index < -0.39 is 5.60 Å². The number of hydrogen-bond donors (Lipinski definition) is 1. The highest BCUT2D eigenvalue weighted by Crippen LogP contribution is 2.11. The van der Waals surface area contributed by atoms with Crippen molar-refractivity contribution < 1.29 is 9.53 Å². The van der Waals surface area contributed by atoms with Crippen molar-refractivity contribution in [3.8, 4) is 0 Å². The maximum absolute atomic E-state index is 11.6. The molecule has 0 bridgehead atoms. The molecule has 0 aromatic carbocycles. The summed E-state index contributed by atoms with van der Waals surface area (Å²) in [5.74, 6) is 0.542. The van der Waals surface area contributed by atoms with Crippen molar-refractivity contribution in [3.63, 3.8) is 0 Å². The molecule has 0 radical (unpaired) electrons. The van der Waals surface area contributed by atoms with Crippen molar-refractivity contribution in [3.05, 3.63) is 12.7 Å². The minimum absolute atomic E-state index is 0.118. The van der Waals surface area contributed by atoms with Crippen LogP contribution in [-0.2, 0) is 4.74 Å². The quantitative estimate of drug-likeness (QED) is 0.730. The van der Waals surface area contributed by atoms with E-state index in [4.69, 9.17) is 4.74 Å². The average molecular weight is 227 g/mol. The number of nitrogens with one attached hydrogen (secondary N) is 1. The molecule has 0 fully saturated rings. The van der Waals surface area contributed by atoms with Crippen molar-refractivity contribution in [2.45, 2.75) is 59.1 Å². The number of hydrogen-bond acceptors (Lipinski definition) is 2. The second kappa shape index (κ2) is 6.56. The lowest BCUT2D eigenvalue weighted by molar-refractivity contribution is 0.0499. The summed E-state index contributed by atoms with van der Waals surface area (Å²) in [4.78, 5) is 11.6. The normalized spacial score (nSPS) is 13.4. The SMILES string of the molecule is C=CCC(CC(C)C)NC(=O)OC(C)(C)C. The second-order valence-corrected chi connectivity index (χ2v) is 5.50. The molecule has 0 spiro atoms. The lowest BCUT2D eigenvalue weighted by Crippen LogP contribution is -2.39. The molecule has 0 aliphatic heterocycles. The first-order valence-corrected chi connectivity index (χ1v) is 5.85. The first kappa shape index (κ1) is 15.0. The van der Waals surface area contributed by atoms with E-state index in [1.807, 2.05) is 26.8 Å². The molecular formula is C13H25NO2. The molecular weight excluding hydrogens is 202 g/mol. The van der Waals surface area contributed by atoms with Gasteiger partial charge in [0.15, 0.2) is 0 Å². The van der Waals surface area contributed by atoms with Crippen molar-refractivity contribution in [2.75, 3.05) is 0 Å². The summed E-state index contributed by atoms with van der Waals surface area (Å²) in [6.45, 7) is 13.5. The van der Waals surface area contributed by atoms with Gasteiger partial charge >= 0.3 is 6.09 Å². The first-order valence-electron chi connectivity index (χ1n) is 5.85. The van der Waals surface area contributed by atoms with Crippen LogP contribution in [-0.4, -0.2) is 17.7 Å². The van der Waals surface area contributed by atoms with Gasteiger partial charge in [0.1, 0.15) is 5.60 Å². The maximum Gasteiger partial charge on any atom is 0.407 e. The molecule has 0 aromatic rings. The van der Waals surface area contributed by atoms with Crippen LogP contribution in [0.25, 0.3) is 0 Å². The highest BCUT2D eigenvalue weighted by atomic mass is 16.6. The van der Waals surface area contributed by atoms with E-state index in [0.717, 1.165) is 12.8 Å². The zero-order chi connectivity index (χ0) is 12.8. The van der Waals surface area contributed by atoms with Gasteiger partial charge in [0, 0.05) is 6.04 Å². The van der Waals surface area contributed by atoms with E-state index in [2.05, 4.69) is 25.7 Å². The average Bonchev–Trinajstić information content (AvgIpc) is 1.98. The van der Waals surface area contributed by atoms with Gasteiger partial charge in [-0.1, -0.05) is 19.9 Å². The van der Waals surface area contributed by atoms with E-state index in [1.165, 1.54) is 0 Å². The third-order valence-electron chi connectivity index (χ3n) is 1.93. The lowest BCUT2D eigenvalue weighted by atomic mass is 10.0. The Morgan fingerprint density at radius 3 is 2.38 bits per heavy atom. The molecule has 0 saturated carbocycles. The molecule has 1 atom stereocenters. The maximum atomic E-state index is 11.6. The fourth-order valence-corrected chi connectivity index (χ4v) is 1.46. The van der Waals surface area contributed by atoms with Crippen LogP contribution in [0.1, 0.15) is 47.5 Å². The summed E-state index contributed by atoms with van der Waals surface area (Å²) in [7, 11) is 0. The van der Waals surface area contributed by atoms with Gasteiger partial charge in [-0.2, -0.15) is 0 Å². The molecule has 1 N–H and O–H groups in total. The summed E-state index contributed by atoms with van der Waals surface area (Å²) in [6, 6.07) is 0.118. The van der Waals surface area contributed by atoms with Crippen molar-refractivity contribution in [1.82, 2.24) is 5.32 Å². The summed E-state index contributed by atoms with van der Waals surface area (Å²) in [5, 5.41) is 2.87. The van der Waals surface area contributed by atoms with E-state index in [9.17, 15) is 4.79 Å². The molecule has 0 aliphatic carbocycles. The van der Waals surface area contributed by atoms with Crippen LogP contribution in [0.4, 0.5) is 4.79 Å². The molecule has 0 saturated heterocycles. The number of carbonyl (C=O) groups is 1. The zero-order valence-corrected chi connectivity index (χ0v) is 11.2. The predicted molar refractivity (Wildman–Crippen MR) is 67.4 cm³/mol. The lowest BCUT2D eigenvalue weighted by Gasteiger charge is -2.24. The molecule has 16 heavy (non-hydrogen) atoms. The molecule has 1 unspecified atom stereocenters. The number of rotatable bonds is 5. The van der Waals surface area contributed by atoms with Crippen LogP contribution in [0.2, 0.25) is 0 Å². The van der Waals surface area contributed by atoms with Crippen LogP contribution < -0.4 is 5.32 Å². The van der Waals surface area contributed by atoms with E-state index in [-0.39, 0.29) is 12.1 Å². The Bertz CT molecular complexity index is 229. The van der Waals surface area contributed by atoms with Gasteiger partial charge in [-0.15, -0.1) is 6.58 Å². The van der Waals surface area contributed by atoms with E-state index >= 15 is 0 Å². The van der Waals surface area contributed by atoms with E-state index in [0.29, 0.717) is 5.92 Å². The smallest absolute Gasteiger partial charge is 0.407 e. The minimum Gasteiger partial charge on any atom is -0.444 e. The van der Waals surface area contributed by atoms with Gasteiger partial charge in [-0.25, -0.2) is 4.79 Å². The topological polar surface area (TPSA) is 38.3 Å². The van der Waals surface area contributed by atoms with Crippen molar-refractivity contribution in [1.29, 1.82) is 0 Å². The molecule has 0 aliphatic rings. The Balaban J connectivity index is 4.17. The molecule has 3 nitrogen and oxygen atoms in total. The molecule has 94 valence electrons. The molecule has 0 aromatic heterocycles. The van der Waals surface area contributed by atoms with Gasteiger partial charge in [0.25, 0.3) is 0 Å². The number of alkyl carbamates (subject to hydrolysis) is 1. The Morgan fingerprint density at radius 2 is 2.00 bits per heavy atom. The van der Waals surface area contributed by atoms with Crippen LogP contribution in [0.5, 0.6) is 0 Å². The highest BCUT2D eigenvalue weighted by Gasteiger charge is 2.19. The van der Waals surface area contributed by atoms with Gasteiger partial charge in [-0.3, -0.25) is 0 Å². The zero-order valence-electron chi connectivity index (χ0n) is 11.2. The van der Waals surface area contributed by atoms with Gasteiger partial charge in [0.05, 0.1) is 0 Å². The summed E-state index contributed by atoms with van der Waals surface area (Å²) >= 11 is 0. The summed E-state index contributed by atoms with van der Waals surface area (Å²) < 4.78 is 5.21. The Morgan fingerprint density at radius 1 is 1.44 bits per heavy atom. The van der Waals surface area contributed by atoms with Gasteiger partial charge in [-0.05, 0) is 39.5 Å². The first-order chi connectivity index (χ1) is 7.24. The monoisotopic (exact) mass is 227 g/mol. The second-order valence-electron chi connectivity index (χ2n) is 5.50. The molecule has 3 heteroatoms. The standard InChI is InChI=1S/C13H25NO2/c1-7-8-11(9-10(2)3)14-12(15)16-13(4,5)6/h7,10-11H,1,8-9H2,2-6H3,(H,14,15). The predicted octanol–water partition coefficient (Wildman–Crippen LogP) is 3.50. The number of ether oxygens (including phenoxy) is 1. The fourth-order valence-electron chi connectivity index (χ4n) is 1.46.